The minimum absolute atomic E-state index is 0. The first-order valence-electron chi connectivity index (χ1n) is 7.68. The van der Waals surface area contributed by atoms with Gasteiger partial charge in [-0.1, -0.05) is 39.0 Å². The molecule has 0 radical (unpaired) electrons. The second kappa shape index (κ2) is 8.11. The number of halogens is 1. The van der Waals surface area contributed by atoms with E-state index < -0.39 is 0 Å². The zero-order valence-corrected chi connectivity index (χ0v) is 13.2. The van der Waals surface area contributed by atoms with Gasteiger partial charge in [0, 0.05) is 32.1 Å². The lowest BCUT2D eigenvalue weighted by Gasteiger charge is -2.36. The molecule has 1 saturated heterocycles. The molecule has 0 aromatic heterocycles. The van der Waals surface area contributed by atoms with Crippen LogP contribution in [0.3, 0.4) is 0 Å². The molecule has 112 valence electrons. The lowest BCUT2D eigenvalue weighted by atomic mass is 9.79. The van der Waals surface area contributed by atoms with Crippen LogP contribution >= 0.6 is 12.4 Å². The third-order valence-corrected chi connectivity index (χ3v) is 4.77. The van der Waals surface area contributed by atoms with E-state index in [0.29, 0.717) is 17.9 Å². The summed E-state index contributed by atoms with van der Waals surface area (Å²) in [5.74, 6) is 1.74. The fourth-order valence-electron chi connectivity index (χ4n) is 3.47. The van der Waals surface area contributed by atoms with Crippen molar-refractivity contribution in [3.05, 3.63) is 0 Å². The molecule has 0 aromatic carbocycles. The molecule has 2 fully saturated rings. The smallest absolute Gasteiger partial charge is 0.223 e. The third kappa shape index (κ3) is 4.64. The van der Waals surface area contributed by atoms with E-state index in [2.05, 4.69) is 24.1 Å². The molecule has 1 saturated carbocycles. The fraction of sp³-hybridized carbons (Fsp3) is 0.933. The first-order chi connectivity index (χ1) is 8.68. The summed E-state index contributed by atoms with van der Waals surface area (Å²) in [4.78, 5) is 14.4. The Morgan fingerprint density at radius 1 is 1.32 bits per heavy atom. The van der Waals surface area contributed by atoms with Gasteiger partial charge in [0.2, 0.25) is 5.91 Å². The summed E-state index contributed by atoms with van der Waals surface area (Å²) in [6.45, 7) is 7.21. The highest BCUT2D eigenvalue weighted by Crippen LogP contribution is 2.31. The molecular formula is C15H29ClN2O. The van der Waals surface area contributed by atoms with Crippen molar-refractivity contribution in [1.29, 1.82) is 0 Å². The van der Waals surface area contributed by atoms with Crippen LogP contribution in [0.4, 0.5) is 0 Å². The molecule has 2 aliphatic rings. The van der Waals surface area contributed by atoms with E-state index in [0.717, 1.165) is 32.0 Å². The van der Waals surface area contributed by atoms with Gasteiger partial charge in [0.15, 0.2) is 0 Å². The fourth-order valence-corrected chi connectivity index (χ4v) is 3.47. The molecular weight excluding hydrogens is 260 g/mol. The van der Waals surface area contributed by atoms with Crippen LogP contribution < -0.4 is 5.32 Å². The summed E-state index contributed by atoms with van der Waals surface area (Å²) in [6.07, 6.45) is 7.57. The van der Waals surface area contributed by atoms with Gasteiger partial charge < -0.3 is 10.2 Å². The van der Waals surface area contributed by atoms with Crippen LogP contribution in [0.5, 0.6) is 0 Å². The maximum Gasteiger partial charge on any atom is 0.223 e. The zero-order chi connectivity index (χ0) is 13.0. The summed E-state index contributed by atoms with van der Waals surface area (Å²) >= 11 is 0. The van der Waals surface area contributed by atoms with Gasteiger partial charge in [-0.05, 0) is 18.8 Å². The second-order valence-corrected chi connectivity index (χ2v) is 6.22. The van der Waals surface area contributed by atoms with Gasteiger partial charge in [-0.3, -0.25) is 4.79 Å². The van der Waals surface area contributed by atoms with Gasteiger partial charge in [0.1, 0.15) is 0 Å². The summed E-state index contributed by atoms with van der Waals surface area (Å²) in [7, 11) is 0. The van der Waals surface area contributed by atoms with Crippen LogP contribution in [0, 0.1) is 11.8 Å². The standard InChI is InChI=1S/C15H28N2O.ClH/c1-12(14-6-4-3-5-7-14)10-15(18)17-9-8-16-11-13(17)2;/h12-14,16H,3-11H2,1-2H3;1H/t12?,13-;/m1./s1. The van der Waals surface area contributed by atoms with Gasteiger partial charge in [0.05, 0.1) is 0 Å². The van der Waals surface area contributed by atoms with Crippen LogP contribution in [0.1, 0.15) is 52.4 Å². The largest absolute Gasteiger partial charge is 0.337 e. The highest BCUT2D eigenvalue weighted by molar-refractivity contribution is 5.85. The van der Waals surface area contributed by atoms with Crippen molar-refractivity contribution in [2.24, 2.45) is 11.8 Å². The number of carbonyl (C=O) groups excluding carboxylic acids is 1. The Morgan fingerprint density at radius 2 is 2.00 bits per heavy atom. The van der Waals surface area contributed by atoms with E-state index in [4.69, 9.17) is 0 Å². The molecule has 2 rings (SSSR count). The van der Waals surface area contributed by atoms with Crippen LogP contribution in [0.25, 0.3) is 0 Å². The van der Waals surface area contributed by atoms with Crippen molar-refractivity contribution < 1.29 is 4.79 Å². The van der Waals surface area contributed by atoms with Crippen LogP contribution in [0.15, 0.2) is 0 Å². The maximum absolute atomic E-state index is 12.4. The molecule has 1 unspecified atom stereocenters. The molecule has 0 spiro atoms. The third-order valence-electron chi connectivity index (χ3n) is 4.77. The molecule has 1 aliphatic heterocycles. The molecule has 0 aromatic rings. The number of carbonyl (C=O) groups is 1. The van der Waals surface area contributed by atoms with Crippen molar-refractivity contribution in [1.82, 2.24) is 10.2 Å². The number of amides is 1. The average Bonchev–Trinajstić information content (AvgIpc) is 2.40. The van der Waals surface area contributed by atoms with Crippen molar-refractivity contribution in [2.75, 3.05) is 19.6 Å². The van der Waals surface area contributed by atoms with E-state index in [9.17, 15) is 4.79 Å². The van der Waals surface area contributed by atoms with Crippen molar-refractivity contribution in [2.45, 2.75) is 58.4 Å². The summed E-state index contributed by atoms with van der Waals surface area (Å²) < 4.78 is 0. The maximum atomic E-state index is 12.4. The van der Waals surface area contributed by atoms with Gasteiger partial charge in [-0.25, -0.2) is 0 Å². The van der Waals surface area contributed by atoms with Crippen LogP contribution in [0.2, 0.25) is 0 Å². The minimum Gasteiger partial charge on any atom is -0.337 e. The van der Waals surface area contributed by atoms with E-state index >= 15 is 0 Å². The zero-order valence-electron chi connectivity index (χ0n) is 12.4. The Kier molecular flexibility index (Phi) is 7.16. The predicted octanol–water partition coefficient (Wildman–Crippen LogP) is 2.84. The first-order valence-corrected chi connectivity index (χ1v) is 7.68. The topological polar surface area (TPSA) is 32.3 Å². The average molecular weight is 289 g/mol. The highest BCUT2D eigenvalue weighted by Gasteiger charge is 2.27. The summed E-state index contributed by atoms with van der Waals surface area (Å²) in [6, 6.07) is 0.366. The summed E-state index contributed by atoms with van der Waals surface area (Å²) in [5.41, 5.74) is 0. The quantitative estimate of drug-likeness (QED) is 0.866. The number of hydrogen-bond acceptors (Lipinski definition) is 2. The lowest BCUT2D eigenvalue weighted by molar-refractivity contribution is -0.135. The Labute approximate surface area is 123 Å². The Morgan fingerprint density at radius 3 is 2.63 bits per heavy atom. The number of nitrogens with zero attached hydrogens (tertiary/aromatic N) is 1. The summed E-state index contributed by atoms with van der Waals surface area (Å²) in [5, 5.41) is 3.34. The molecule has 1 amide bonds. The monoisotopic (exact) mass is 288 g/mol. The van der Waals surface area contributed by atoms with E-state index in [1.165, 1.54) is 32.1 Å². The molecule has 0 bridgehead atoms. The van der Waals surface area contributed by atoms with Gasteiger partial charge >= 0.3 is 0 Å². The molecule has 3 nitrogen and oxygen atoms in total. The number of nitrogens with one attached hydrogen (secondary N) is 1. The van der Waals surface area contributed by atoms with Gasteiger partial charge in [0.25, 0.3) is 0 Å². The van der Waals surface area contributed by atoms with E-state index in [1.54, 1.807) is 0 Å². The van der Waals surface area contributed by atoms with Crippen molar-refractivity contribution in [3.63, 3.8) is 0 Å². The molecule has 2 atom stereocenters. The highest BCUT2D eigenvalue weighted by atomic mass is 35.5. The molecule has 19 heavy (non-hydrogen) atoms. The Bertz CT molecular complexity index is 279. The van der Waals surface area contributed by atoms with Crippen LogP contribution in [-0.4, -0.2) is 36.5 Å². The molecule has 4 heteroatoms. The van der Waals surface area contributed by atoms with Crippen molar-refractivity contribution >= 4 is 18.3 Å². The lowest BCUT2D eigenvalue weighted by Crippen LogP contribution is -2.52. The number of rotatable bonds is 3. The predicted molar refractivity (Wildman–Crippen MR) is 81.6 cm³/mol. The Balaban J connectivity index is 0.00000180. The number of piperazine rings is 1. The second-order valence-electron chi connectivity index (χ2n) is 6.22. The molecule has 1 heterocycles. The first kappa shape index (κ1) is 16.8. The number of hydrogen-bond donors (Lipinski definition) is 1. The van der Waals surface area contributed by atoms with Crippen molar-refractivity contribution in [3.8, 4) is 0 Å². The minimum atomic E-state index is 0. The normalized spacial score (nSPS) is 26.6. The van der Waals surface area contributed by atoms with Crippen LogP contribution in [-0.2, 0) is 4.79 Å². The molecule has 1 aliphatic carbocycles. The SMILES string of the molecule is CC(CC(=O)N1CCNC[C@H]1C)C1CCCCC1.Cl. The Hall–Kier alpha value is -0.280. The van der Waals surface area contributed by atoms with Gasteiger partial charge in [-0.2, -0.15) is 0 Å². The van der Waals surface area contributed by atoms with E-state index in [-0.39, 0.29) is 12.4 Å². The van der Waals surface area contributed by atoms with E-state index in [1.807, 2.05) is 0 Å². The van der Waals surface area contributed by atoms with Gasteiger partial charge in [-0.15, -0.1) is 12.4 Å². The molecule has 1 N–H and O–H groups in total.